The second kappa shape index (κ2) is 6.45. The van der Waals surface area contributed by atoms with Gasteiger partial charge < -0.3 is 14.0 Å². The molecule has 0 spiro atoms. The monoisotopic (exact) mass is 361 g/mol. The molecule has 0 aliphatic carbocycles. The van der Waals surface area contributed by atoms with E-state index in [0.717, 1.165) is 11.3 Å². The van der Waals surface area contributed by atoms with E-state index in [0.29, 0.717) is 47.9 Å². The van der Waals surface area contributed by atoms with Crippen molar-refractivity contribution in [3.8, 4) is 17.3 Å². The first-order valence-corrected chi connectivity index (χ1v) is 8.30. The molecule has 0 fully saturated rings. The third-order valence-corrected chi connectivity index (χ3v) is 4.25. The van der Waals surface area contributed by atoms with E-state index < -0.39 is 0 Å². The van der Waals surface area contributed by atoms with Crippen LogP contribution in [0.3, 0.4) is 0 Å². The Hall–Kier alpha value is -2.45. The Balaban J connectivity index is 1.58. The van der Waals surface area contributed by atoms with Crippen molar-refractivity contribution in [2.45, 2.75) is 33.1 Å². The van der Waals surface area contributed by atoms with Gasteiger partial charge in [-0.1, -0.05) is 28.0 Å². The van der Waals surface area contributed by atoms with Gasteiger partial charge >= 0.3 is 0 Å². The number of nitrogens with zero attached hydrogens (tertiary/aromatic N) is 5. The lowest BCUT2D eigenvalue weighted by molar-refractivity contribution is -0.00119. The summed E-state index contributed by atoms with van der Waals surface area (Å²) < 4.78 is 18.4. The Kier molecular flexibility index (Phi) is 4.14. The minimum absolute atomic E-state index is 0.167. The van der Waals surface area contributed by atoms with Crippen molar-refractivity contribution in [2.75, 3.05) is 6.61 Å². The average Bonchev–Trinajstić information content (AvgIpc) is 3.22. The summed E-state index contributed by atoms with van der Waals surface area (Å²) in [5.74, 6) is 1.57. The maximum atomic E-state index is 6.27. The van der Waals surface area contributed by atoms with Crippen LogP contribution in [0, 0.1) is 6.92 Å². The number of rotatable bonds is 4. The molecule has 25 heavy (non-hydrogen) atoms. The topological polar surface area (TPSA) is 88.1 Å². The molecule has 1 aliphatic heterocycles. The van der Waals surface area contributed by atoms with Crippen molar-refractivity contribution >= 4 is 11.6 Å². The fraction of sp³-hybridized carbons (Fsp3) is 0.375. The molecule has 130 valence electrons. The summed E-state index contributed by atoms with van der Waals surface area (Å²) in [6.45, 7) is 5.12. The van der Waals surface area contributed by atoms with Gasteiger partial charge in [-0.05, 0) is 31.5 Å². The maximum absolute atomic E-state index is 6.27. The average molecular weight is 362 g/mol. The van der Waals surface area contributed by atoms with E-state index in [-0.39, 0.29) is 6.10 Å². The summed E-state index contributed by atoms with van der Waals surface area (Å²) in [4.78, 5) is 4.20. The van der Waals surface area contributed by atoms with Gasteiger partial charge in [0.05, 0.1) is 30.5 Å². The fourth-order valence-corrected chi connectivity index (χ4v) is 3.01. The Morgan fingerprint density at radius 1 is 1.40 bits per heavy atom. The van der Waals surface area contributed by atoms with Crippen molar-refractivity contribution in [1.82, 2.24) is 25.1 Å². The third-order valence-electron chi connectivity index (χ3n) is 3.96. The lowest BCUT2D eigenvalue weighted by Crippen LogP contribution is -2.22. The number of aryl methyl sites for hydroxylation is 1. The summed E-state index contributed by atoms with van der Waals surface area (Å²) in [5.41, 5.74) is 2.34. The van der Waals surface area contributed by atoms with E-state index in [1.165, 1.54) is 0 Å². The molecule has 0 bridgehead atoms. The van der Waals surface area contributed by atoms with E-state index in [1.54, 1.807) is 11.6 Å². The molecular formula is C16H16ClN5O3. The molecule has 0 unspecified atom stereocenters. The largest absolute Gasteiger partial charge is 0.492 e. The van der Waals surface area contributed by atoms with E-state index in [9.17, 15) is 0 Å². The molecule has 0 N–H and O–H groups in total. The molecule has 1 aliphatic rings. The molecule has 9 heteroatoms. The third kappa shape index (κ3) is 2.98. The SMILES string of the molecule is CCOc1ccc([C@@H]2Cn3nnc(-c4nc(C)no4)c3CO2)cc1Cl. The molecule has 8 nitrogen and oxygen atoms in total. The highest BCUT2D eigenvalue weighted by Crippen LogP contribution is 2.33. The van der Waals surface area contributed by atoms with Crippen LogP contribution in [-0.4, -0.2) is 31.7 Å². The first-order chi connectivity index (χ1) is 12.2. The number of ether oxygens (including phenoxy) is 2. The number of hydrogen-bond donors (Lipinski definition) is 0. The number of hydrogen-bond acceptors (Lipinski definition) is 7. The van der Waals surface area contributed by atoms with Crippen molar-refractivity contribution < 1.29 is 14.0 Å². The van der Waals surface area contributed by atoms with Crippen LogP contribution in [0.15, 0.2) is 22.7 Å². The zero-order valence-corrected chi connectivity index (χ0v) is 14.5. The molecular weight excluding hydrogens is 346 g/mol. The predicted molar refractivity (Wildman–Crippen MR) is 88.2 cm³/mol. The zero-order chi connectivity index (χ0) is 17.4. The predicted octanol–water partition coefficient (Wildman–Crippen LogP) is 2.96. The molecule has 1 atom stereocenters. The highest BCUT2D eigenvalue weighted by Gasteiger charge is 2.28. The fourth-order valence-electron chi connectivity index (χ4n) is 2.76. The van der Waals surface area contributed by atoms with Gasteiger partial charge in [-0.2, -0.15) is 4.98 Å². The second-order valence-corrected chi connectivity index (χ2v) is 6.04. The summed E-state index contributed by atoms with van der Waals surface area (Å²) >= 11 is 6.27. The Morgan fingerprint density at radius 3 is 3.00 bits per heavy atom. The minimum atomic E-state index is -0.167. The van der Waals surface area contributed by atoms with E-state index in [4.69, 9.17) is 25.6 Å². The van der Waals surface area contributed by atoms with Gasteiger partial charge in [-0.3, -0.25) is 0 Å². The summed E-state index contributed by atoms with van der Waals surface area (Å²) in [7, 11) is 0. The van der Waals surface area contributed by atoms with Gasteiger partial charge in [0.15, 0.2) is 11.5 Å². The molecule has 0 saturated heterocycles. The van der Waals surface area contributed by atoms with Gasteiger partial charge in [-0.15, -0.1) is 5.10 Å². The van der Waals surface area contributed by atoms with Gasteiger partial charge in [0, 0.05) is 0 Å². The molecule has 2 aromatic heterocycles. The van der Waals surface area contributed by atoms with Crippen LogP contribution in [-0.2, 0) is 17.9 Å². The van der Waals surface area contributed by atoms with Crippen molar-refractivity contribution in [2.24, 2.45) is 0 Å². The number of halogens is 1. The van der Waals surface area contributed by atoms with E-state index in [1.807, 2.05) is 25.1 Å². The van der Waals surface area contributed by atoms with Gasteiger partial charge in [0.1, 0.15) is 11.9 Å². The summed E-state index contributed by atoms with van der Waals surface area (Å²) in [5, 5.41) is 12.7. The molecule has 0 amide bonds. The zero-order valence-electron chi connectivity index (χ0n) is 13.8. The normalized spacial score (nSPS) is 16.7. The molecule has 0 saturated carbocycles. The summed E-state index contributed by atoms with van der Waals surface area (Å²) in [6.07, 6.45) is -0.167. The van der Waals surface area contributed by atoms with Crippen LogP contribution in [0.4, 0.5) is 0 Å². The van der Waals surface area contributed by atoms with E-state index in [2.05, 4.69) is 20.5 Å². The van der Waals surface area contributed by atoms with Crippen LogP contribution in [0.5, 0.6) is 5.75 Å². The van der Waals surface area contributed by atoms with Crippen LogP contribution < -0.4 is 4.74 Å². The van der Waals surface area contributed by atoms with Crippen molar-refractivity contribution in [3.63, 3.8) is 0 Å². The highest BCUT2D eigenvalue weighted by atomic mass is 35.5. The first-order valence-electron chi connectivity index (χ1n) is 7.92. The van der Waals surface area contributed by atoms with Crippen molar-refractivity contribution in [3.05, 3.63) is 40.3 Å². The van der Waals surface area contributed by atoms with Crippen LogP contribution in [0.1, 0.15) is 30.1 Å². The van der Waals surface area contributed by atoms with Crippen LogP contribution in [0.25, 0.3) is 11.6 Å². The van der Waals surface area contributed by atoms with Crippen LogP contribution >= 0.6 is 11.6 Å². The van der Waals surface area contributed by atoms with Gasteiger partial charge in [-0.25, -0.2) is 4.68 Å². The molecule has 3 aromatic rings. The standard InChI is InChI=1S/C16H16ClN5O3/c1-3-23-13-5-4-10(6-11(13)17)14-7-22-12(8-24-14)15(19-21-22)16-18-9(2)20-25-16/h4-6,14H,3,7-8H2,1-2H3/t14-/m0/s1. The highest BCUT2D eigenvalue weighted by molar-refractivity contribution is 6.32. The second-order valence-electron chi connectivity index (χ2n) is 5.64. The van der Waals surface area contributed by atoms with E-state index >= 15 is 0 Å². The minimum Gasteiger partial charge on any atom is -0.492 e. The van der Waals surface area contributed by atoms with Crippen LogP contribution in [0.2, 0.25) is 5.02 Å². The number of benzene rings is 1. The number of aromatic nitrogens is 5. The Bertz CT molecular complexity index is 907. The lowest BCUT2D eigenvalue weighted by Gasteiger charge is -2.24. The Morgan fingerprint density at radius 2 is 2.28 bits per heavy atom. The lowest BCUT2D eigenvalue weighted by atomic mass is 10.1. The van der Waals surface area contributed by atoms with Gasteiger partial charge in [0.25, 0.3) is 5.89 Å². The summed E-state index contributed by atoms with van der Waals surface area (Å²) in [6, 6.07) is 5.67. The quantitative estimate of drug-likeness (QED) is 0.705. The Labute approximate surface area is 148 Å². The maximum Gasteiger partial charge on any atom is 0.280 e. The molecule has 4 rings (SSSR count). The van der Waals surface area contributed by atoms with Crippen molar-refractivity contribution in [1.29, 1.82) is 0 Å². The smallest absolute Gasteiger partial charge is 0.280 e. The number of fused-ring (bicyclic) bond motifs is 1. The molecule has 1 aromatic carbocycles. The first kappa shape index (κ1) is 16.0. The molecule has 0 radical (unpaired) electrons. The van der Waals surface area contributed by atoms with Gasteiger partial charge in [0.2, 0.25) is 0 Å². The molecule has 3 heterocycles.